The van der Waals surface area contributed by atoms with E-state index in [9.17, 15) is 4.79 Å². The molecule has 20 heavy (non-hydrogen) atoms. The van der Waals surface area contributed by atoms with Gasteiger partial charge in [0, 0.05) is 12.1 Å². The second-order valence-corrected chi connectivity index (χ2v) is 5.19. The lowest BCUT2D eigenvalue weighted by molar-refractivity contribution is 0.0955. The molecule has 104 valence electrons. The number of hydrogen-bond acceptors (Lipinski definition) is 5. The van der Waals surface area contributed by atoms with Crippen molar-refractivity contribution < 1.29 is 14.4 Å². The number of rotatable bonds is 3. The highest BCUT2D eigenvalue weighted by Gasteiger charge is 2.12. The molecule has 0 aromatic carbocycles. The maximum Gasteiger partial charge on any atom is 0.261 e. The fourth-order valence-electron chi connectivity index (χ4n) is 1.66. The van der Waals surface area contributed by atoms with Crippen LogP contribution >= 0.6 is 11.3 Å². The second-order valence-electron chi connectivity index (χ2n) is 4.11. The Labute approximate surface area is 120 Å². The van der Waals surface area contributed by atoms with Crippen LogP contribution in [0.15, 0.2) is 16.7 Å². The van der Waals surface area contributed by atoms with E-state index >= 15 is 0 Å². The number of amides is 1. The highest BCUT2D eigenvalue weighted by Crippen LogP contribution is 2.16. The molecule has 0 bridgehead atoms. The summed E-state index contributed by atoms with van der Waals surface area (Å²) in [4.78, 5) is 13.3. The van der Waals surface area contributed by atoms with Crippen molar-refractivity contribution in [3.8, 4) is 11.8 Å². The Morgan fingerprint density at radius 3 is 2.95 bits per heavy atom. The van der Waals surface area contributed by atoms with Crippen LogP contribution in [0.1, 0.15) is 31.6 Å². The highest BCUT2D eigenvalue weighted by atomic mass is 32.1. The van der Waals surface area contributed by atoms with Crippen molar-refractivity contribution in [1.82, 2.24) is 10.5 Å². The number of aliphatic hydroxyl groups excluding tert-OH is 1. The first-order valence-corrected chi connectivity index (χ1v) is 6.83. The maximum absolute atomic E-state index is 12.0. The summed E-state index contributed by atoms with van der Waals surface area (Å²) in [7, 11) is 0. The molecule has 2 rings (SSSR count). The van der Waals surface area contributed by atoms with Crippen molar-refractivity contribution in [3.63, 3.8) is 0 Å². The summed E-state index contributed by atoms with van der Waals surface area (Å²) in [6.45, 7) is 3.85. The van der Waals surface area contributed by atoms with Gasteiger partial charge in [-0.05, 0) is 26.0 Å². The molecule has 0 fully saturated rings. The van der Waals surface area contributed by atoms with Crippen molar-refractivity contribution in [2.45, 2.75) is 20.4 Å². The predicted octanol–water partition coefficient (Wildman–Crippen LogP) is 1.63. The van der Waals surface area contributed by atoms with E-state index in [4.69, 9.17) is 9.63 Å². The van der Waals surface area contributed by atoms with Crippen molar-refractivity contribution in [2.75, 3.05) is 6.61 Å². The zero-order chi connectivity index (χ0) is 14.5. The number of nitrogens with one attached hydrogen (secondary N) is 1. The van der Waals surface area contributed by atoms with Crippen molar-refractivity contribution in [1.29, 1.82) is 0 Å². The molecule has 0 atom stereocenters. The molecule has 2 aromatic rings. The molecule has 5 nitrogen and oxygen atoms in total. The van der Waals surface area contributed by atoms with E-state index in [0.717, 1.165) is 16.1 Å². The Morgan fingerprint density at radius 1 is 1.50 bits per heavy atom. The van der Waals surface area contributed by atoms with Crippen LogP contribution in [0.4, 0.5) is 0 Å². The number of hydrogen-bond donors (Lipinski definition) is 2. The fourth-order valence-corrected chi connectivity index (χ4v) is 2.46. The van der Waals surface area contributed by atoms with Gasteiger partial charge < -0.3 is 14.9 Å². The number of carbonyl (C=O) groups is 1. The number of aryl methyl sites for hydroxylation is 2. The maximum atomic E-state index is 12.0. The molecule has 0 spiro atoms. The SMILES string of the molecule is Cc1noc(C)c1CNC(=O)c1ccc(C#CCO)s1. The first kappa shape index (κ1) is 14.3. The Kier molecular flexibility index (Phi) is 4.56. The topological polar surface area (TPSA) is 75.4 Å². The summed E-state index contributed by atoms with van der Waals surface area (Å²) in [5.41, 5.74) is 1.68. The standard InChI is InChI=1S/C14H14N2O3S/c1-9-12(10(2)19-16-9)8-15-14(18)13-6-5-11(20-13)4-3-7-17/h5-6,17H,7-8H2,1-2H3,(H,15,18). The zero-order valence-electron chi connectivity index (χ0n) is 11.2. The van der Waals surface area contributed by atoms with Crippen molar-refractivity contribution in [2.24, 2.45) is 0 Å². The van der Waals surface area contributed by atoms with E-state index in [-0.39, 0.29) is 12.5 Å². The minimum absolute atomic E-state index is 0.160. The number of carbonyl (C=O) groups excluding carboxylic acids is 1. The van der Waals surface area contributed by atoms with Crippen LogP contribution in [-0.2, 0) is 6.54 Å². The highest BCUT2D eigenvalue weighted by molar-refractivity contribution is 7.14. The summed E-state index contributed by atoms with van der Waals surface area (Å²) in [6, 6.07) is 3.48. The first-order chi connectivity index (χ1) is 9.61. The smallest absolute Gasteiger partial charge is 0.261 e. The average Bonchev–Trinajstić information content (AvgIpc) is 3.02. The van der Waals surface area contributed by atoms with Gasteiger partial charge in [-0.3, -0.25) is 4.79 Å². The Hall–Kier alpha value is -2.10. The monoisotopic (exact) mass is 290 g/mol. The second kappa shape index (κ2) is 6.37. The van der Waals surface area contributed by atoms with Crippen LogP contribution in [0.2, 0.25) is 0 Å². The molecule has 0 radical (unpaired) electrons. The van der Waals surface area contributed by atoms with E-state index in [1.165, 1.54) is 11.3 Å². The molecule has 6 heteroatoms. The quantitative estimate of drug-likeness (QED) is 0.842. The van der Waals surface area contributed by atoms with E-state index in [1.54, 1.807) is 12.1 Å². The summed E-state index contributed by atoms with van der Waals surface area (Å²) in [5, 5.41) is 15.3. The zero-order valence-corrected chi connectivity index (χ0v) is 12.0. The molecular formula is C14H14N2O3S. The summed E-state index contributed by atoms with van der Waals surface area (Å²) in [6.07, 6.45) is 0. The third-order valence-corrected chi connectivity index (χ3v) is 3.73. The third kappa shape index (κ3) is 3.26. The van der Waals surface area contributed by atoms with Gasteiger partial charge in [0.05, 0.1) is 15.4 Å². The van der Waals surface area contributed by atoms with Gasteiger partial charge in [0.25, 0.3) is 5.91 Å². The Balaban J connectivity index is 2.00. The number of aromatic nitrogens is 1. The third-order valence-electron chi connectivity index (χ3n) is 2.73. The lowest BCUT2D eigenvalue weighted by Gasteiger charge is -2.02. The molecule has 0 aliphatic rings. The number of nitrogens with zero attached hydrogens (tertiary/aromatic N) is 1. The number of aliphatic hydroxyl groups is 1. The molecule has 0 saturated heterocycles. The van der Waals surface area contributed by atoms with Crippen LogP contribution in [0.25, 0.3) is 0 Å². The molecular weight excluding hydrogens is 276 g/mol. The molecule has 2 N–H and O–H groups in total. The summed E-state index contributed by atoms with van der Waals surface area (Å²) >= 11 is 1.29. The predicted molar refractivity (Wildman–Crippen MR) is 75.4 cm³/mol. The molecule has 2 heterocycles. The van der Waals surface area contributed by atoms with E-state index in [0.29, 0.717) is 17.2 Å². The Bertz CT molecular complexity index is 657. The fraction of sp³-hybridized carbons (Fsp3) is 0.286. The van der Waals surface area contributed by atoms with Crippen LogP contribution in [0, 0.1) is 25.7 Å². The molecule has 1 amide bonds. The normalized spacial score (nSPS) is 9.95. The average molecular weight is 290 g/mol. The molecule has 0 saturated carbocycles. The first-order valence-electron chi connectivity index (χ1n) is 6.01. The largest absolute Gasteiger partial charge is 0.384 e. The summed E-state index contributed by atoms with van der Waals surface area (Å²) in [5.74, 6) is 5.87. The van der Waals surface area contributed by atoms with Gasteiger partial charge in [-0.15, -0.1) is 11.3 Å². The van der Waals surface area contributed by atoms with E-state index < -0.39 is 0 Å². The van der Waals surface area contributed by atoms with Gasteiger partial charge in [0.2, 0.25) is 0 Å². The molecule has 2 aromatic heterocycles. The van der Waals surface area contributed by atoms with Crippen molar-refractivity contribution >= 4 is 17.2 Å². The minimum atomic E-state index is -0.189. The van der Waals surface area contributed by atoms with Crippen LogP contribution in [0.5, 0.6) is 0 Å². The van der Waals surface area contributed by atoms with Crippen molar-refractivity contribution in [3.05, 3.63) is 38.9 Å². The Morgan fingerprint density at radius 2 is 2.30 bits per heavy atom. The molecule has 0 aliphatic heterocycles. The summed E-state index contributed by atoms with van der Waals surface area (Å²) < 4.78 is 5.04. The van der Waals surface area contributed by atoms with Gasteiger partial charge >= 0.3 is 0 Å². The van der Waals surface area contributed by atoms with Gasteiger partial charge in [0.1, 0.15) is 12.4 Å². The van der Waals surface area contributed by atoms with Gasteiger partial charge in [-0.1, -0.05) is 17.0 Å². The lowest BCUT2D eigenvalue weighted by Crippen LogP contribution is -2.22. The van der Waals surface area contributed by atoms with Gasteiger partial charge in [0.15, 0.2) is 0 Å². The number of thiophene rings is 1. The van der Waals surface area contributed by atoms with Gasteiger partial charge in [-0.25, -0.2) is 0 Å². The molecule has 0 aliphatic carbocycles. The van der Waals surface area contributed by atoms with E-state index in [1.807, 2.05) is 13.8 Å². The van der Waals surface area contributed by atoms with Crippen LogP contribution in [0.3, 0.4) is 0 Å². The lowest BCUT2D eigenvalue weighted by atomic mass is 10.2. The van der Waals surface area contributed by atoms with Gasteiger partial charge in [-0.2, -0.15) is 0 Å². The van der Waals surface area contributed by atoms with Crippen LogP contribution in [-0.4, -0.2) is 22.8 Å². The van der Waals surface area contributed by atoms with E-state index in [2.05, 4.69) is 22.3 Å². The molecule has 0 unspecified atom stereocenters. The van der Waals surface area contributed by atoms with Crippen LogP contribution < -0.4 is 5.32 Å². The minimum Gasteiger partial charge on any atom is -0.384 e.